The molecule has 0 atom stereocenters. The third-order valence-corrected chi connectivity index (χ3v) is 4.23. The molecule has 0 radical (unpaired) electrons. The molecule has 0 bridgehead atoms. The van der Waals surface area contributed by atoms with E-state index in [0.717, 1.165) is 56.1 Å². The molecule has 2 rings (SSSR count). The van der Waals surface area contributed by atoms with Crippen LogP contribution in [0.4, 0.5) is 5.69 Å². The van der Waals surface area contributed by atoms with Crippen LogP contribution < -0.4 is 15.4 Å². The van der Waals surface area contributed by atoms with Gasteiger partial charge in [0.05, 0.1) is 12.2 Å². The van der Waals surface area contributed by atoms with Crippen LogP contribution in [0.1, 0.15) is 37.0 Å². The van der Waals surface area contributed by atoms with Crippen LogP contribution in [0.25, 0.3) is 0 Å². The molecule has 0 spiro atoms. The van der Waals surface area contributed by atoms with Crippen molar-refractivity contribution >= 4 is 11.5 Å². The SMILES string of the molecule is CCN(CC)CCCCNCC(=O)c1ccc2c(c1)NCCO2. The largest absolute Gasteiger partial charge is 0.490 e. The normalized spacial score (nSPS) is 13.3. The molecule has 0 saturated heterocycles. The number of carbonyl (C=O) groups excluding carboxylic acids is 1. The van der Waals surface area contributed by atoms with E-state index in [1.54, 1.807) is 0 Å². The van der Waals surface area contributed by atoms with Gasteiger partial charge in [0.2, 0.25) is 0 Å². The highest BCUT2D eigenvalue weighted by molar-refractivity contribution is 5.98. The highest BCUT2D eigenvalue weighted by atomic mass is 16.5. The van der Waals surface area contributed by atoms with Gasteiger partial charge in [0.25, 0.3) is 0 Å². The molecule has 23 heavy (non-hydrogen) atoms. The van der Waals surface area contributed by atoms with Gasteiger partial charge in [0.15, 0.2) is 5.78 Å². The van der Waals surface area contributed by atoms with Crippen LogP contribution in [-0.4, -0.2) is 56.6 Å². The fraction of sp³-hybridized carbons (Fsp3) is 0.611. The Labute approximate surface area is 139 Å². The third-order valence-electron chi connectivity index (χ3n) is 4.23. The summed E-state index contributed by atoms with van der Waals surface area (Å²) >= 11 is 0. The number of benzene rings is 1. The standard InChI is InChI=1S/C18H29N3O2/c1-3-21(4-2)11-6-5-9-19-14-17(22)15-7-8-18-16(13-15)20-10-12-23-18/h7-8,13,19-20H,3-6,9-12,14H2,1-2H3. The summed E-state index contributed by atoms with van der Waals surface area (Å²) in [6.45, 7) is 10.5. The minimum atomic E-state index is 0.129. The number of nitrogens with zero attached hydrogens (tertiary/aromatic N) is 1. The Morgan fingerprint density at radius 2 is 2.13 bits per heavy atom. The Kier molecular flexibility index (Phi) is 7.36. The highest BCUT2D eigenvalue weighted by Crippen LogP contribution is 2.28. The molecular weight excluding hydrogens is 290 g/mol. The second kappa shape index (κ2) is 9.53. The summed E-state index contributed by atoms with van der Waals surface area (Å²) in [6, 6.07) is 5.61. The summed E-state index contributed by atoms with van der Waals surface area (Å²) in [4.78, 5) is 14.6. The molecule has 128 valence electrons. The van der Waals surface area contributed by atoms with Crippen molar-refractivity contribution in [1.29, 1.82) is 0 Å². The lowest BCUT2D eigenvalue weighted by molar-refractivity contribution is 0.0991. The van der Waals surface area contributed by atoms with Gasteiger partial charge in [0.1, 0.15) is 12.4 Å². The molecule has 1 aliphatic heterocycles. The van der Waals surface area contributed by atoms with Gasteiger partial charge in [-0.3, -0.25) is 4.79 Å². The second-order valence-corrected chi connectivity index (χ2v) is 5.82. The van der Waals surface area contributed by atoms with E-state index in [2.05, 4.69) is 29.4 Å². The molecule has 0 saturated carbocycles. The van der Waals surface area contributed by atoms with Crippen molar-refractivity contribution in [3.8, 4) is 5.75 Å². The molecule has 1 aromatic rings. The maximum Gasteiger partial charge on any atom is 0.176 e. The van der Waals surface area contributed by atoms with Gasteiger partial charge in [-0.2, -0.15) is 0 Å². The molecule has 1 aliphatic rings. The summed E-state index contributed by atoms with van der Waals surface area (Å²) in [5.41, 5.74) is 1.65. The first-order valence-corrected chi connectivity index (χ1v) is 8.71. The van der Waals surface area contributed by atoms with Gasteiger partial charge in [0, 0.05) is 12.1 Å². The third kappa shape index (κ3) is 5.52. The number of ether oxygens (including phenoxy) is 1. The maximum atomic E-state index is 12.2. The number of hydrogen-bond donors (Lipinski definition) is 2. The van der Waals surface area contributed by atoms with Crippen LogP contribution in [0.3, 0.4) is 0 Å². The number of Topliss-reactive ketones (excluding diaryl/α,β-unsaturated/α-hetero) is 1. The zero-order valence-electron chi connectivity index (χ0n) is 14.4. The van der Waals surface area contributed by atoms with Crippen LogP contribution in [-0.2, 0) is 0 Å². The number of carbonyl (C=O) groups is 1. The van der Waals surface area contributed by atoms with E-state index in [1.807, 2.05) is 18.2 Å². The average Bonchev–Trinajstić information content (AvgIpc) is 2.60. The van der Waals surface area contributed by atoms with E-state index in [-0.39, 0.29) is 5.78 Å². The minimum absolute atomic E-state index is 0.129. The first kappa shape index (κ1) is 17.8. The smallest absolute Gasteiger partial charge is 0.176 e. The summed E-state index contributed by atoms with van der Waals surface area (Å²) in [5, 5.41) is 6.51. The summed E-state index contributed by atoms with van der Waals surface area (Å²) in [7, 11) is 0. The summed E-state index contributed by atoms with van der Waals surface area (Å²) in [6.07, 6.45) is 2.27. The number of ketones is 1. The quantitative estimate of drug-likeness (QED) is 0.512. The van der Waals surface area contributed by atoms with Crippen molar-refractivity contribution in [2.45, 2.75) is 26.7 Å². The summed E-state index contributed by atoms with van der Waals surface area (Å²) < 4.78 is 5.53. The summed E-state index contributed by atoms with van der Waals surface area (Å²) in [5.74, 6) is 0.959. The van der Waals surface area contributed by atoms with Crippen molar-refractivity contribution < 1.29 is 9.53 Å². The monoisotopic (exact) mass is 319 g/mol. The minimum Gasteiger partial charge on any atom is -0.490 e. The topological polar surface area (TPSA) is 53.6 Å². The van der Waals surface area contributed by atoms with E-state index in [4.69, 9.17) is 4.74 Å². The van der Waals surface area contributed by atoms with E-state index in [0.29, 0.717) is 13.2 Å². The van der Waals surface area contributed by atoms with Crippen LogP contribution >= 0.6 is 0 Å². The van der Waals surface area contributed by atoms with Crippen LogP contribution in [0, 0.1) is 0 Å². The lowest BCUT2D eigenvalue weighted by Gasteiger charge is -2.19. The number of unbranched alkanes of at least 4 members (excludes halogenated alkanes) is 1. The van der Waals surface area contributed by atoms with E-state index >= 15 is 0 Å². The van der Waals surface area contributed by atoms with Gasteiger partial charge in [-0.1, -0.05) is 13.8 Å². The van der Waals surface area contributed by atoms with Crippen molar-refractivity contribution in [2.24, 2.45) is 0 Å². The number of anilines is 1. The highest BCUT2D eigenvalue weighted by Gasteiger charge is 2.13. The van der Waals surface area contributed by atoms with Crippen molar-refractivity contribution in [1.82, 2.24) is 10.2 Å². The Balaban J connectivity index is 1.67. The fourth-order valence-corrected chi connectivity index (χ4v) is 2.74. The van der Waals surface area contributed by atoms with E-state index in [1.165, 1.54) is 6.42 Å². The molecule has 5 nitrogen and oxygen atoms in total. The van der Waals surface area contributed by atoms with Crippen molar-refractivity contribution in [3.05, 3.63) is 23.8 Å². The van der Waals surface area contributed by atoms with Crippen LogP contribution in [0.15, 0.2) is 18.2 Å². The second-order valence-electron chi connectivity index (χ2n) is 5.82. The van der Waals surface area contributed by atoms with Gasteiger partial charge < -0.3 is 20.3 Å². The number of fused-ring (bicyclic) bond motifs is 1. The lowest BCUT2D eigenvalue weighted by Crippen LogP contribution is -2.27. The Morgan fingerprint density at radius 1 is 1.30 bits per heavy atom. The fourth-order valence-electron chi connectivity index (χ4n) is 2.74. The van der Waals surface area contributed by atoms with Crippen LogP contribution in [0.2, 0.25) is 0 Å². The molecule has 1 aromatic carbocycles. The molecule has 5 heteroatoms. The lowest BCUT2D eigenvalue weighted by atomic mass is 10.1. The molecule has 0 amide bonds. The van der Waals surface area contributed by atoms with Gasteiger partial charge >= 0.3 is 0 Å². The molecule has 0 aliphatic carbocycles. The average molecular weight is 319 g/mol. The molecular formula is C18H29N3O2. The first-order valence-electron chi connectivity index (χ1n) is 8.71. The molecule has 0 fully saturated rings. The van der Waals surface area contributed by atoms with Crippen molar-refractivity contribution in [3.63, 3.8) is 0 Å². The zero-order chi connectivity index (χ0) is 16.5. The zero-order valence-corrected chi connectivity index (χ0v) is 14.4. The van der Waals surface area contributed by atoms with E-state index in [9.17, 15) is 4.79 Å². The van der Waals surface area contributed by atoms with Crippen molar-refractivity contribution in [2.75, 3.05) is 51.2 Å². The Morgan fingerprint density at radius 3 is 2.91 bits per heavy atom. The predicted octanol–water partition coefficient (Wildman–Crippen LogP) is 2.39. The maximum absolute atomic E-state index is 12.2. The molecule has 1 heterocycles. The number of hydrogen-bond acceptors (Lipinski definition) is 5. The molecule has 0 unspecified atom stereocenters. The Bertz CT molecular complexity index is 501. The van der Waals surface area contributed by atoms with E-state index < -0.39 is 0 Å². The molecule has 0 aromatic heterocycles. The van der Waals surface area contributed by atoms with Gasteiger partial charge in [-0.05, 0) is 57.2 Å². The van der Waals surface area contributed by atoms with Gasteiger partial charge in [-0.25, -0.2) is 0 Å². The van der Waals surface area contributed by atoms with Gasteiger partial charge in [-0.15, -0.1) is 0 Å². The Hall–Kier alpha value is -1.59. The number of nitrogens with one attached hydrogen (secondary N) is 2. The number of rotatable bonds is 10. The van der Waals surface area contributed by atoms with Crippen LogP contribution in [0.5, 0.6) is 5.75 Å². The molecule has 2 N–H and O–H groups in total. The predicted molar refractivity (Wildman–Crippen MR) is 94.6 cm³/mol. The first-order chi connectivity index (χ1) is 11.2.